The Morgan fingerprint density at radius 2 is 1.79 bits per heavy atom. The van der Waals surface area contributed by atoms with Crippen molar-refractivity contribution in [3.8, 4) is 11.4 Å². The molecule has 0 radical (unpaired) electrons. The standard InChI is InChI=1S/C19H23N3O2/c1-2-19(14-23)8-10-22(11-9-19)18(24)16-12-20-17(21-13-16)15-6-4-3-5-7-15/h3-7,12-13,23H,2,8-11,14H2,1H3. The van der Waals surface area contributed by atoms with Crippen LogP contribution in [0.5, 0.6) is 0 Å². The van der Waals surface area contributed by atoms with Gasteiger partial charge in [0.25, 0.3) is 5.91 Å². The lowest BCUT2D eigenvalue weighted by Gasteiger charge is -2.40. The summed E-state index contributed by atoms with van der Waals surface area (Å²) in [6.45, 7) is 3.64. The normalized spacial score (nSPS) is 16.8. The summed E-state index contributed by atoms with van der Waals surface area (Å²) in [7, 11) is 0. The van der Waals surface area contributed by atoms with Crippen molar-refractivity contribution in [2.75, 3.05) is 19.7 Å². The number of amides is 1. The molecule has 1 aliphatic heterocycles. The van der Waals surface area contributed by atoms with Crippen LogP contribution in [0.1, 0.15) is 36.5 Å². The van der Waals surface area contributed by atoms with Crippen LogP contribution in [-0.4, -0.2) is 45.6 Å². The van der Waals surface area contributed by atoms with E-state index in [4.69, 9.17) is 0 Å². The SMILES string of the molecule is CCC1(CO)CCN(C(=O)c2cnc(-c3ccccc3)nc2)CC1. The smallest absolute Gasteiger partial charge is 0.256 e. The molecule has 0 spiro atoms. The van der Waals surface area contributed by atoms with Crippen molar-refractivity contribution in [3.05, 3.63) is 48.3 Å². The summed E-state index contributed by atoms with van der Waals surface area (Å²) in [5.41, 5.74) is 1.43. The molecule has 0 unspecified atom stereocenters. The Kier molecular flexibility index (Phi) is 4.90. The Hall–Kier alpha value is -2.27. The first-order valence-corrected chi connectivity index (χ1v) is 8.45. The fourth-order valence-electron chi connectivity index (χ4n) is 3.16. The molecular weight excluding hydrogens is 302 g/mol. The summed E-state index contributed by atoms with van der Waals surface area (Å²) in [6.07, 6.45) is 5.83. The van der Waals surface area contributed by atoms with Crippen LogP contribution < -0.4 is 0 Å². The number of likely N-dealkylation sites (tertiary alicyclic amines) is 1. The molecule has 1 saturated heterocycles. The first-order chi connectivity index (χ1) is 11.7. The molecule has 0 saturated carbocycles. The Bertz CT molecular complexity index is 672. The quantitative estimate of drug-likeness (QED) is 0.938. The third-order valence-electron chi connectivity index (χ3n) is 5.13. The van der Waals surface area contributed by atoms with E-state index in [0.29, 0.717) is 24.5 Å². The third-order valence-corrected chi connectivity index (χ3v) is 5.13. The van der Waals surface area contributed by atoms with Crippen LogP contribution in [0.25, 0.3) is 11.4 Å². The lowest BCUT2D eigenvalue weighted by molar-refractivity contribution is 0.0337. The fraction of sp³-hybridized carbons (Fsp3) is 0.421. The maximum Gasteiger partial charge on any atom is 0.256 e. The first kappa shape index (κ1) is 16.6. The minimum absolute atomic E-state index is 0.0234. The van der Waals surface area contributed by atoms with Crippen molar-refractivity contribution in [2.24, 2.45) is 5.41 Å². The second-order valence-corrected chi connectivity index (χ2v) is 6.47. The highest BCUT2D eigenvalue weighted by Crippen LogP contribution is 2.34. The molecule has 1 aliphatic rings. The van der Waals surface area contributed by atoms with Gasteiger partial charge in [0.1, 0.15) is 0 Å². The molecule has 3 rings (SSSR count). The van der Waals surface area contributed by atoms with Crippen molar-refractivity contribution in [1.82, 2.24) is 14.9 Å². The van der Waals surface area contributed by atoms with E-state index in [1.54, 1.807) is 12.4 Å². The van der Waals surface area contributed by atoms with Crippen LogP contribution in [0.3, 0.4) is 0 Å². The minimum Gasteiger partial charge on any atom is -0.396 e. The number of hydrogen-bond donors (Lipinski definition) is 1. The average molecular weight is 325 g/mol. The van der Waals surface area contributed by atoms with E-state index in [1.807, 2.05) is 35.2 Å². The van der Waals surface area contributed by atoms with Gasteiger partial charge < -0.3 is 10.0 Å². The molecule has 1 N–H and O–H groups in total. The zero-order valence-electron chi connectivity index (χ0n) is 14.0. The van der Waals surface area contributed by atoms with Crippen LogP contribution in [0, 0.1) is 5.41 Å². The second-order valence-electron chi connectivity index (χ2n) is 6.47. The molecule has 24 heavy (non-hydrogen) atoms. The highest BCUT2D eigenvalue weighted by Gasteiger charge is 2.34. The topological polar surface area (TPSA) is 66.3 Å². The van der Waals surface area contributed by atoms with Crippen LogP contribution in [0.15, 0.2) is 42.7 Å². The first-order valence-electron chi connectivity index (χ1n) is 8.45. The van der Waals surface area contributed by atoms with Gasteiger partial charge in [-0.25, -0.2) is 9.97 Å². The van der Waals surface area contributed by atoms with Gasteiger partial charge in [-0.1, -0.05) is 37.3 Å². The predicted molar refractivity (Wildman–Crippen MR) is 92.4 cm³/mol. The number of nitrogens with zero attached hydrogens (tertiary/aromatic N) is 3. The largest absolute Gasteiger partial charge is 0.396 e. The molecular formula is C19H23N3O2. The lowest BCUT2D eigenvalue weighted by atomic mass is 9.77. The van der Waals surface area contributed by atoms with Crippen molar-refractivity contribution >= 4 is 5.91 Å². The maximum atomic E-state index is 12.6. The maximum absolute atomic E-state index is 12.6. The molecule has 2 aromatic rings. The molecule has 1 fully saturated rings. The molecule has 2 heterocycles. The van der Waals surface area contributed by atoms with Crippen molar-refractivity contribution < 1.29 is 9.90 Å². The summed E-state index contributed by atoms with van der Waals surface area (Å²) < 4.78 is 0. The average Bonchev–Trinajstić information content (AvgIpc) is 2.68. The molecule has 1 amide bonds. The summed E-state index contributed by atoms with van der Waals surface area (Å²) in [5, 5.41) is 9.60. The van der Waals surface area contributed by atoms with Gasteiger partial charge in [-0.05, 0) is 24.7 Å². The number of hydrogen-bond acceptors (Lipinski definition) is 4. The highest BCUT2D eigenvalue weighted by atomic mass is 16.3. The zero-order chi connectivity index (χ0) is 17.0. The Balaban J connectivity index is 1.68. The Morgan fingerprint density at radius 3 is 2.33 bits per heavy atom. The summed E-state index contributed by atoms with van der Waals surface area (Å²) in [5.74, 6) is 0.591. The van der Waals surface area contributed by atoms with E-state index < -0.39 is 0 Å². The third kappa shape index (κ3) is 3.31. The molecule has 0 atom stereocenters. The van der Waals surface area contributed by atoms with E-state index in [2.05, 4.69) is 16.9 Å². The van der Waals surface area contributed by atoms with Gasteiger partial charge >= 0.3 is 0 Å². The van der Waals surface area contributed by atoms with Gasteiger partial charge in [-0.3, -0.25) is 4.79 Å². The van der Waals surface area contributed by atoms with Crippen molar-refractivity contribution in [1.29, 1.82) is 0 Å². The van der Waals surface area contributed by atoms with Gasteiger partial charge in [-0.15, -0.1) is 0 Å². The van der Waals surface area contributed by atoms with Crippen LogP contribution in [0.4, 0.5) is 0 Å². The van der Waals surface area contributed by atoms with Crippen LogP contribution in [0.2, 0.25) is 0 Å². The molecule has 1 aromatic heterocycles. The van der Waals surface area contributed by atoms with Crippen molar-refractivity contribution in [3.63, 3.8) is 0 Å². The predicted octanol–water partition coefficient (Wildman–Crippen LogP) is 2.77. The lowest BCUT2D eigenvalue weighted by Crippen LogP contribution is -2.44. The molecule has 5 heteroatoms. The molecule has 5 nitrogen and oxygen atoms in total. The van der Waals surface area contributed by atoms with E-state index in [9.17, 15) is 9.90 Å². The van der Waals surface area contributed by atoms with Gasteiger partial charge in [-0.2, -0.15) is 0 Å². The fourth-order valence-corrected chi connectivity index (χ4v) is 3.16. The summed E-state index contributed by atoms with van der Waals surface area (Å²) in [6, 6.07) is 9.71. The molecule has 0 aliphatic carbocycles. The van der Waals surface area contributed by atoms with E-state index >= 15 is 0 Å². The minimum atomic E-state index is -0.0303. The van der Waals surface area contributed by atoms with E-state index in [-0.39, 0.29) is 17.9 Å². The number of carbonyl (C=O) groups excluding carboxylic acids is 1. The van der Waals surface area contributed by atoms with Gasteiger partial charge in [0.05, 0.1) is 5.56 Å². The number of benzene rings is 1. The van der Waals surface area contributed by atoms with Crippen LogP contribution in [-0.2, 0) is 0 Å². The summed E-state index contributed by atoms with van der Waals surface area (Å²) >= 11 is 0. The van der Waals surface area contributed by atoms with Gasteiger partial charge in [0.15, 0.2) is 5.82 Å². The Labute approximate surface area is 142 Å². The number of carbonyl (C=O) groups is 1. The molecule has 0 bridgehead atoms. The number of rotatable bonds is 4. The second kappa shape index (κ2) is 7.09. The van der Waals surface area contributed by atoms with Crippen LogP contribution >= 0.6 is 0 Å². The number of aromatic nitrogens is 2. The number of aliphatic hydroxyl groups excluding tert-OH is 1. The number of aliphatic hydroxyl groups is 1. The van der Waals surface area contributed by atoms with E-state index in [1.165, 1.54) is 0 Å². The molecule has 126 valence electrons. The zero-order valence-corrected chi connectivity index (χ0v) is 14.0. The van der Waals surface area contributed by atoms with Gasteiger partial charge in [0.2, 0.25) is 0 Å². The van der Waals surface area contributed by atoms with Gasteiger partial charge in [0, 0.05) is 37.7 Å². The Morgan fingerprint density at radius 1 is 1.17 bits per heavy atom. The van der Waals surface area contributed by atoms with E-state index in [0.717, 1.165) is 24.8 Å². The monoisotopic (exact) mass is 325 g/mol. The number of piperidine rings is 1. The molecule has 1 aromatic carbocycles. The summed E-state index contributed by atoms with van der Waals surface area (Å²) in [4.78, 5) is 23.1. The highest BCUT2D eigenvalue weighted by molar-refractivity contribution is 5.93. The van der Waals surface area contributed by atoms with Crippen molar-refractivity contribution in [2.45, 2.75) is 26.2 Å².